The van der Waals surface area contributed by atoms with Crippen LogP contribution >= 0.6 is 0 Å². The maximum Gasteiger partial charge on any atom is 0.243 e. The maximum atomic E-state index is 12.7. The molecule has 0 bridgehead atoms. The molecule has 0 radical (unpaired) electrons. The summed E-state index contributed by atoms with van der Waals surface area (Å²) in [5.41, 5.74) is 2.45. The highest BCUT2D eigenvalue weighted by molar-refractivity contribution is 7.92. The lowest BCUT2D eigenvalue weighted by atomic mass is 10.2. The van der Waals surface area contributed by atoms with Crippen molar-refractivity contribution in [2.75, 3.05) is 35.7 Å². The van der Waals surface area contributed by atoms with Crippen molar-refractivity contribution in [2.24, 2.45) is 0 Å². The van der Waals surface area contributed by atoms with E-state index in [0.29, 0.717) is 18.0 Å². The zero-order valence-electron chi connectivity index (χ0n) is 18.3. The summed E-state index contributed by atoms with van der Waals surface area (Å²) in [6.07, 6.45) is 1.09. The van der Waals surface area contributed by atoms with Crippen LogP contribution in [0.4, 0.5) is 11.4 Å². The van der Waals surface area contributed by atoms with Gasteiger partial charge in [0.15, 0.2) is 0 Å². The summed E-state index contributed by atoms with van der Waals surface area (Å²) in [6, 6.07) is 13.7. The van der Waals surface area contributed by atoms with Crippen LogP contribution in [0.2, 0.25) is 0 Å². The van der Waals surface area contributed by atoms with Gasteiger partial charge in [0.1, 0.15) is 11.8 Å². The van der Waals surface area contributed by atoms with Crippen LogP contribution in [0.5, 0.6) is 5.75 Å². The third-order valence-electron chi connectivity index (χ3n) is 4.93. The van der Waals surface area contributed by atoms with Crippen LogP contribution in [0.15, 0.2) is 48.5 Å². The highest BCUT2D eigenvalue weighted by atomic mass is 32.2. The first-order valence-electron chi connectivity index (χ1n) is 9.96. The first-order chi connectivity index (χ1) is 14.2. The summed E-state index contributed by atoms with van der Waals surface area (Å²) < 4.78 is 31.1. The monoisotopic (exact) mass is 433 g/mol. The van der Waals surface area contributed by atoms with E-state index in [1.54, 1.807) is 31.2 Å². The number of hydrogen-bond donors (Lipinski definition) is 1. The van der Waals surface area contributed by atoms with Crippen LogP contribution < -0.4 is 19.3 Å². The molecule has 0 spiro atoms. The standard InChI is InChI=1S/C22H31N3O4S/c1-6-24(7-2)19-13-11-18(12-14-19)16-23-22(26)17(3)25(30(5,27)28)20-9-8-10-21(15-20)29-4/h8-15,17H,6-7,16H2,1-5H3,(H,23,26)/t17-/m0/s1. The molecule has 0 aliphatic heterocycles. The number of sulfonamides is 1. The lowest BCUT2D eigenvalue weighted by Crippen LogP contribution is -2.47. The molecule has 0 saturated heterocycles. The Kier molecular flexibility index (Phi) is 8.11. The summed E-state index contributed by atoms with van der Waals surface area (Å²) in [7, 11) is -2.17. The van der Waals surface area contributed by atoms with Crippen molar-refractivity contribution in [3.8, 4) is 5.75 Å². The molecule has 0 heterocycles. The Labute approximate surface area is 179 Å². The fourth-order valence-electron chi connectivity index (χ4n) is 3.31. The number of anilines is 2. The van der Waals surface area contributed by atoms with Gasteiger partial charge in [-0.3, -0.25) is 9.10 Å². The van der Waals surface area contributed by atoms with Crippen molar-refractivity contribution in [3.63, 3.8) is 0 Å². The van der Waals surface area contributed by atoms with Gasteiger partial charge < -0.3 is 15.0 Å². The Morgan fingerprint density at radius 1 is 1.07 bits per heavy atom. The Hall–Kier alpha value is -2.74. The van der Waals surface area contributed by atoms with Gasteiger partial charge in [0.05, 0.1) is 19.1 Å². The fraction of sp³-hybridized carbons (Fsp3) is 0.409. The van der Waals surface area contributed by atoms with E-state index >= 15 is 0 Å². The molecule has 0 unspecified atom stereocenters. The Morgan fingerprint density at radius 3 is 2.23 bits per heavy atom. The molecule has 1 N–H and O–H groups in total. The molecule has 0 aliphatic rings. The Balaban J connectivity index is 2.12. The number of nitrogens with zero attached hydrogens (tertiary/aromatic N) is 2. The van der Waals surface area contributed by atoms with Gasteiger partial charge in [-0.1, -0.05) is 18.2 Å². The van der Waals surface area contributed by atoms with Gasteiger partial charge in [-0.05, 0) is 50.6 Å². The average molecular weight is 434 g/mol. The Morgan fingerprint density at radius 2 is 1.70 bits per heavy atom. The molecule has 8 heteroatoms. The number of rotatable bonds is 10. The molecule has 1 atom stereocenters. The van der Waals surface area contributed by atoms with Crippen molar-refractivity contribution >= 4 is 27.3 Å². The molecule has 2 aromatic carbocycles. The zero-order chi connectivity index (χ0) is 22.3. The smallest absolute Gasteiger partial charge is 0.243 e. The summed E-state index contributed by atoms with van der Waals surface area (Å²) in [5.74, 6) is 0.137. The van der Waals surface area contributed by atoms with E-state index in [1.165, 1.54) is 7.11 Å². The number of carbonyl (C=O) groups excluding carboxylic acids is 1. The minimum absolute atomic E-state index is 0.317. The molecule has 2 rings (SSSR count). The molecule has 0 saturated carbocycles. The number of ether oxygens (including phenoxy) is 1. The predicted molar refractivity (Wildman–Crippen MR) is 122 cm³/mol. The summed E-state index contributed by atoms with van der Waals surface area (Å²) in [4.78, 5) is 15.0. The molecule has 164 valence electrons. The predicted octanol–water partition coefficient (Wildman–Crippen LogP) is 3.01. The van der Waals surface area contributed by atoms with E-state index < -0.39 is 16.1 Å². The van der Waals surface area contributed by atoms with E-state index in [-0.39, 0.29) is 5.91 Å². The number of hydrogen-bond acceptors (Lipinski definition) is 5. The van der Waals surface area contributed by atoms with Crippen molar-refractivity contribution < 1.29 is 17.9 Å². The largest absolute Gasteiger partial charge is 0.497 e. The van der Waals surface area contributed by atoms with Crippen LogP contribution in [0, 0.1) is 0 Å². The number of amides is 1. The van der Waals surface area contributed by atoms with E-state index in [4.69, 9.17) is 4.74 Å². The highest BCUT2D eigenvalue weighted by Gasteiger charge is 2.29. The van der Waals surface area contributed by atoms with Crippen LogP contribution in [0.3, 0.4) is 0 Å². The zero-order valence-corrected chi connectivity index (χ0v) is 19.1. The summed E-state index contributed by atoms with van der Waals surface area (Å²) in [6.45, 7) is 7.95. The normalized spacial score (nSPS) is 12.2. The third kappa shape index (κ3) is 5.89. The van der Waals surface area contributed by atoms with Crippen LogP contribution in [-0.2, 0) is 21.4 Å². The van der Waals surface area contributed by atoms with Crippen LogP contribution in [0.25, 0.3) is 0 Å². The van der Waals surface area contributed by atoms with E-state index in [0.717, 1.165) is 34.9 Å². The van der Waals surface area contributed by atoms with Gasteiger partial charge in [-0.2, -0.15) is 0 Å². The second-order valence-electron chi connectivity index (χ2n) is 6.99. The van der Waals surface area contributed by atoms with Gasteiger partial charge in [-0.15, -0.1) is 0 Å². The number of benzene rings is 2. The average Bonchev–Trinajstić information content (AvgIpc) is 2.73. The quantitative estimate of drug-likeness (QED) is 0.623. The van der Waals surface area contributed by atoms with Crippen molar-refractivity contribution in [3.05, 3.63) is 54.1 Å². The van der Waals surface area contributed by atoms with Crippen molar-refractivity contribution in [1.82, 2.24) is 5.32 Å². The topological polar surface area (TPSA) is 79.0 Å². The third-order valence-corrected chi connectivity index (χ3v) is 6.17. The number of methoxy groups -OCH3 is 1. The molecule has 0 aromatic heterocycles. The van der Waals surface area contributed by atoms with Gasteiger partial charge in [0, 0.05) is 31.4 Å². The number of nitrogens with one attached hydrogen (secondary N) is 1. The summed E-state index contributed by atoms with van der Waals surface area (Å²) >= 11 is 0. The highest BCUT2D eigenvalue weighted by Crippen LogP contribution is 2.25. The van der Waals surface area contributed by atoms with E-state index in [2.05, 4.69) is 24.1 Å². The van der Waals surface area contributed by atoms with E-state index in [9.17, 15) is 13.2 Å². The molecule has 0 fully saturated rings. The number of carbonyl (C=O) groups is 1. The lowest BCUT2D eigenvalue weighted by Gasteiger charge is -2.28. The minimum Gasteiger partial charge on any atom is -0.497 e. The second-order valence-corrected chi connectivity index (χ2v) is 8.85. The molecule has 0 aliphatic carbocycles. The SMILES string of the molecule is CCN(CC)c1ccc(CNC(=O)[C@H](C)N(c2cccc(OC)c2)S(C)(=O)=O)cc1. The van der Waals surface area contributed by atoms with Gasteiger partial charge in [-0.25, -0.2) is 8.42 Å². The minimum atomic E-state index is -3.68. The van der Waals surface area contributed by atoms with Crippen LogP contribution in [0.1, 0.15) is 26.3 Å². The molecular formula is C22H31N3O4S. The van der Waals surface area contributed by atoms with Gasteiger partial charge in [0.25, 0.3) is 0 Å². The van der Waals surface area contributed by atoms with Gasteiger partial charge >= 0.3 is 0 Å². The Bertz CT molecular complexity index is 941. The molecule has 2 aromatic rings. The van der Waals surface area contributed by atoms with E-state index in [1.807, 2.05) is 24.3 Å². The maximum absolute atomic E-state index is 12.7. The second kappa shape index (κ2) is 10.3. The van der Waals surface area contributed by atoms with Crippen molar-refractivity contribution in [2.45, 2.75) is 33.4 Å². The first kappa shape index (κ1) is 23.5. The van der Waals surface area contributed by atoms with Crippen LogP contribution in [-0.4, -0.2) is 46.8 Å². The van der Waals surface area contributed by atoms with Gasteiger partial charge in [0.2, 0.25) is 15.9 Å². The molecule has 7 nitrogen and oxygen atoms in total. The molecular weight excluding hydrogens is 402 g/mol. The molecule has 1 amide bonds. The lowest BCUT2D eigenvalue weighted by molar-refractivity contribution is -0.122. The van der Waals surface area contributed by atoms with Crippen molar-refractivity contribution in [1.29, 1.82) is 0 Å². The molecule has 30 heavy (non-hydrogen) atoms. The first-order valence-corrected chi connectivity index (χ1v) is 11.8. The fourth-order valence-corrected chi connectivity index (χ4v) is 4.47. The summed E-state index contributed by atoms with van der Waals surface area (Å²) in [5, 5.41) is 2.84.